The fraction of sp³-hybridized carbons (Fsp3) is 0. The van der Waals surface area contributed by atoms with Crippen LogP contribution in [0.4, 0.5) is 0 Å². The van der Waals surface area contributed by atoms with Crippen molar-refractivity contribution in [3.05, 3.63) is 34.8 Å². The molecule has 0 spiro atoms. The van der Waals surface area contributed by atoms with Crippen molar-refractivity contribution >= 4 is 51.3 Å². The molecule has 17 heavy (non-hydrogen) atoms. The van der Waals surface area contributed by atoms with E-state index < -0.39 is 0 Å². The zero-order chi connectivity index (χ0) is 12.0. The zero-order valence-electron chi connectivity index (χ0n) is 8.68. The lowest BCUT2D eigenvalue weighted by Gasteiger charge is -2.07. The number of phenolic OH excluding ortho intramolecular Hbond substituents is 1. The van der Waals surface area contributed by atoms with Crippen LogP contribution in [-0.4, -0.2) is 22.9 Å². The zero-order valence-corrected chi connectivity index (χ0v) is 10.3. The second-order valence-electron chi connectivity index (χ2n) is 3.71. The van der Waals surface area contributed by atoms with E-state index in [4.69, 9.17) is 7.85 Å². The number of aromatic hydroxyl groups is 1. The number of fused-ring (bicyclic) bond motifs is 2. The van der Waals surface area contributed by atoms with Crippen molar-refractivity contribution in [1.82, 2.24) is 9.97 Å². The first-order chi connectivity index (χ1) is 8.16. The van der Waals surface area contributed by atoms with Crippen LogP contribution in [0.5, 0.6) is 5.75 Å². The number of halogens is 1. The molecule has 0 bridgehead atoms. The van der Waals surface area contributed by atoms with Crippen LogP contribution in [0.1, 0.15) is 0 Å². The number of hydrogen-bond acceptors (Lipinski definition) is 3. The predicted octanol–water partition coefficient (Wildman–Crippen LogP) is 2.04. The first-order valence-corrected chi connectivity index (χ1v) is 5.79. The summed E-state index contributed by atoms with van der Waals surface area (Å²) in [4.78, 5) is 8.83. The smallest absolute Gasteiger partial charge is 0.136 e. The van der Waals surface area contributed by atoms with Crippen LogP contribution in [-0.2, 0) is 0 Å². The van der Waals surface area contributed by atoms with E-state index in [1.807, 2.05) is 24.3 Å². The van der Waals surface area contributed by atoms with E-state index in [0.29, 0.717) is 11.0 Å². The largest absolute Gasteiger partial charge is 0.506 e. The fourth-order valence-electron chi connectivity index (χ4n) is 1.74. The molecule has 80 valence electrons. The Kier molecular flexibility index (Phi) is 2.29. The van der Waals surface area contributed by atoms with Crippen molar-refractivity contribution in [3.63, 3.8) is 0 Å². The first-order valence-electron chi connectivity index (χ1n) is 5.00. The molecule has 0 fully saturated rings. The molecule has 0 unspecified atom stereocenters. The maximum Gasteiger partial charge on any atom is 0.136 e. The van der Waals surface area contributed by atoms with Gasteiger partial charge in [0.05, 0.1) is 11.0 Å². The molecule has 3 aromatic rings. The van der Waals surface area contributed by atoms with Gasteiger partial charge in [-0.2, -0.15) is 0 Å². The molecule has 5 heteroatoms. The van der Waals surface area contributed by atoms with Crippen LogP contribution in [0, 0.1) is 0 Å². The van der Waals surface area contributed by atoms with Crippen molar-refractivity contribution in [3.8, 4) is 5.75 Å². The Balaban J connectivity index is 2.56. The molecule has 0 saturated heterocycles. The van der Waals surface area contributed by atoms with Crippen LogP contribution in [0.25, 0.3) is 22.1 Å². The minimum atomic E-state index is -0.0264. The Hall–Kier alpha value is -1.62. The van der Waals surface area contributed by atoms with Crippen LogP contribution in [0.2, 0.25) is 0 Å². The van der Waals surface area contributed by atoms with E-state index in [1.54, 1.807) is 6.07 Å². The molecule has 0 saturated carbocycles. The molecule has 1 aromatic heterocycles. The van der Waals surface area contributed by atoms with Gasteiger partial charge in [-0.1, -0.05) is 17.6 Å². The minimum absolute atomic E-state index is 0.0264. The Labute approximate surface area is 107 Å². The van der Waals surface area contributed by atoms with Crippen LogP contribution < -0.4 is 5.46 Å². The third-order valence-corrected chi connectivity index (χ3v) is 3.18. The summed E-state index contributed by atoms with van der Waals surface area (Å²) in [5.41, 5.74) is 2.82. The molecule has 1 N–H and O–H groups in total. The number of para-hydroxylation sites is 2. The average molecular weight is 285 g/mol. The van der Waals surface area contributed by atoms with Gasteiger partial charge in [0.2, 0.25) is 0 Å². The highest BCUT2D eigenvalue weighted by Gasteiger charge is 2.11. The molecule has 3 nitrogen and oxygen atoms in total. The second-order valence-corrected chi connectivity index (χ2v) is 4.56. The summed E-state index contributed by atoms with van der Waals surface area (Å²) in [6, 6.07) is 9.12. The van der Waals surface area contributed by atoms with Crippen molar-refractivity contribution in [2.75, 3.05) is 0 Å². The lowest BCUT2D eigenvalue weighted by atomic mass is 9.94. The summed E-state index contributed by atoms with van der Waals surface area (Å²) in [5, 5.41) is 9.89. The Morgan fingerprint density at radius 3 is 2.29 bits per heavy atom. The standard InChI is InChI=1S/C12H6BBrN2O/c13-6-5-7(14)10-11(12(6)17)16-9-4-2-1-3-8(9)15-10/h1-5,17H. The molecule has 3 rings (SSSR count). The lowest BCUT2D eigenvalue weighted by molar-refractivity contribution is 0.484. The second kappa shape index (κ2) is 3.70. The number of phenols is 1. The molecule has 1 heterocycles. The Morgan fingerprint density at radius 2 is 1.65 bits per heavy atom. The van der Waals surface area contributed by atoms with Crippen LogP contribution >= 0.6 is 15.9 Å². The normalized spacial score (nSPS) is 11.1. The molecule has 0 amide bonds. The molecule has 0 aliphatic rings. The van der Waals surface area contributed by atoms with Crippen molar-refractivity contribution in [1.29, 1.82) is 0 Å². The van der Waals surface area contributed by atoms with Gasteiger partial charge in [0.1, 0.15) is 24.6 Å². The van der Waals surface area contributed by atoms with E-state index in [0.717, 1.165) is 15.5 Å². The summed E-state index contributed by atoms with van der Waals surface area (Å²) >= 11 is 3.37. The SMILES string of the molecule is [B]c1cc(Br)c2nc3ccccc3nc2c1O. The summed E-state index contributed by atoms with van der Waals surface area (Å²) in [7, 11) is 5.68. The van der Waals surface area contributed by atoms with E-state index in [9.17, 15) is 5.11 Å². The van der Waals surface area contributed by atoms with Gasteiger partial charge < -0.3 is 5.11 Å². The van der Waals surface area contributed by atoms with Gasteiger partial charge in [-0.15, -0.1) is 0 Å². The minimum Gasteiger partial charge on any atom is -0.506 e. The predicted molar refractivity (Wildman–Crippen MR) is 71.8 cm³/mol. The van der Waals surface area contributed by atoms with Gasteiger partial charge in [-0.3, -0.25) is 0 Å². The fourth-order valence-corrected chi connectivity index (χ4v) is 2.26. The number of benzene rings is 2. The molecule has 0 atom stereocenters. The molecule has 0 aliphatic heterocycles. The van der Waals surface area contributed by atoms with E-state index in [1.165, 1.54) is 0 Å². The Bertz CT molecular complexity index is 745. The number of hydrogen-bond donors (Lipinski definition) is 1. The molecule has 2 aromatic carbocycles. The summed E-state index contributed by atoms with van der Waals surface area (Å²) in [6.07, 6.45) is 0. The highest BCUT2D eigenvalue weighted by atomic mass is 79.9. The van der Waals surface area contributed by atoms with Crippen LogP contribution in [0.15, 0.2) is 34.8 Å². The van der Waals surface area contributed by atoms with E-state index in [-0.39, 0.29) is 11.2 Å². The third kappa shape index (κ3) is 1.58. The molecular formula is C12H6BBrN2O. The maximum absolute atomic E-state index is 9.89. The van der Waals surface area contributed by atoms with E-state index >= 15 is 0 Å². The molecule has 0 aliphatic carbocycles. The van der Waals surface area contributed by atoms with E-state index in [2.05, 4.69) is 25.9 Å². The first kappa shape index (κ1) is 10.5. The van der Waals surface area contributed by atoms with Gasteiger partial charge in [0.25, 0.3) is 0 Å². The summed E-state index contributed by atoms with van der Waals surface area (Å²) in [5.74, 6) is -0.0264. The van der Waals surface area contributed by atoms with Crippen molar-refractivity contribution < 1.29 is 5.11 Å². The van der Waals surface area contributed by atoms with Gasteiger partial charge in [-0.25, -0.2) is 9.97 Å². The quantitative estimate of drug-likeness (QED) is 0.508. The van der Waals surface area contributed by atoms with Crippen LogP contribution in [0.3, 0.4) is 0 Å². The number of nitrogens with zero attached hydrogens (tertiary/aromatic N) is 2. The average Bonchev–Trinajstić information content (AvgIpc) is 2.34. The number of aromatic nitrogens is 2. The van der Waals surface area contributed by atoms with Crippen molar-refractivity contribution in [2.45, 2.75) is 0 Å². The van der Waals surface area contributed by atoms with Gasteiger partial charge in [-0.05, 0) is 34.1 Å². The topological polar surface area (TPSA) is 46.0 Å². The summed E-state index contributed by atoms with van der Waals surface area (Å²) in [6.45, 7) is 0. The van der Waals surface area contributed by atoms with Gasteiger partial charge >= 0.3 is 0 Å². The van der Waals surface area contributed by atoms with Gasteiger partial charge in [0, 0.05) is 4.47 Å². The highest BCUT2D eigenvalue weighted by Crippen LogP contribution is 2.27. The molecular weight excluding hydrogens is 279 g/mol. The maximum atomic E-state index is 9.89. The Morgan fingerprint density at radius 1 is 1.06 bits per heavy atom. The number of rotatable bonds is 0. The lowest BCUT2D eigenvalue weighted by Crippen LogP contribution is -2.05. The third-order valence-electron chi connectivity index (χ3n) is 2.58. The molecule has 2 radical (unpaired) electrons. The summed E-state index contributed by atoms with van der Waals surface area (Å²) < 4.78 is 0.723. The van der Waals surface area contributed by atoms with Crippen molar-refractivity contribution in [2.24, 2.45) is 0 Å². The monoisotopic (exact) mass is 284 g/mol. The highest BCUT2D eigenvalue weighted by molar-refractivity contribution is 9.10. The van der Waals surface area contributed by atoms with Gasteiger partial charge in [0.15, 0.2) is 0 Å².